The van der Waals surface area contributed by atoms with Crippen molar-refractivity contribution in [1.29, 1.82) is 0 Å². The number of aromatic carboxylic acids is 1. The molecule has 32 heavy (non-hydrogen) atoms. The minimum absolute atomic E-state index is 0.164. The van der Waals surface area contributed by atoms with Crippen LogP contribution in [-0.4, -0.2) is 37.6 Å². The van der Waals surface area contributed by atoms with E-state index in [1.807, 2.05) is 0 Å². The van der Waals surface area contributed by atoms with Crippen molar-refractivity contribution in [3.8, 4) is 28.5 Å². The van der Waals surface area contributed by atoms with Gasteiger partial charge in [-0.3, -0.25) is 14.8 Å². The Bertz CT molecular complexity index is 1420. The monoisotopic (exact) mass is 430 g/mol. The second-order valence-corrected chi connectivity index (χ2v) is 7.15. The first-order valence-electron chi connectivity index (χ1n) is 9.57. The van der Waals surface area contributed by atoms with E-state index in [1.54, 1.807) is 36.4 Å². The van der Waals surface area contributed by atoms with Gasteiger partial charge in [-0.05, 0) is 53.1 Å². The van der Waals surface area contributed by atoms with Gasteiger partial charge in [0.05, 0.1) is 17.7 Å². The van der Waals surface area contributed by atoms with E-state index in [9.17, 15) is 24.9 Å². The van der Waals surface area contributed by atoms with Crippen molar-refractivity contribution in [2.75, 3.05) is 0 Å². The number of phenols is 2. The standard InChI is InChI=1S/C24H18N2O6/c27-20-8-1-13(9-21(20)28)11-25-12-19-18-10-16(6-7-17(18)22(29)26-23(19)30)14-2-4-15(5-3-14)24(31)32/h1-10,12,27-28H,11H2,(H,31,32)(H2,26,29,30). The van der Waals surface area contributed by atoms with Crippen LogP contribution in [0.1, 0.15) is 21.5 Å². The predicted octanol–water partition coefficient (Wildman–Crippen LogP) is 3.63. The van der Waals surface area contributed by atoms with Crippen molar-refractivity contribution in [2.24, 2.45) is 4.99 Å². The van der Waals surface area contributed by atoms with Crippen LogP contribution in [-0.2, 0) is 6.54 Å². The van der Waals surface area contributed by atoms with Gasteiger partial charge < -0.3 is 20.4 Å². The van der Waals surface area contributed by atoms with Crippen molar-refractivity contribution in [1.82, 2.24) is 4.98 Å². The van der Waals surface area contributed by atoms with Gasteiger partial charge in [-0.1, -0.05) is 24.3 Å². The van der Waals surface area contributed by atoms with Gasteiger partial charge in [-0.25, -0.2) is 4.79 Å². The highest BCUT2D eigenvalue weighted by atomic mass is 16.4. The van der Waals surface area contributed by atoms with Crippen LogP contribution in [0.5, 0.6) is 17.4 Å². The summed E-state index contributed by atoms with van der Waals surface area (Å²) in [7, 11) is 0. The molecule has 1 aromatic heterocycles. The molecular formula is C24H18N2O6. The Morgan fingerprint density at radius 3 is 2.28 bits per heavy atom. The Morgan fingerprint density at radius 2 is 1.59 bits per heavy atom. The first-order valence-corrected chi connectivity index (χ1v) is 9.57. The summed E-state index contributed by atoms with van der Waals surface area (Å²) in [5.74, 6) is -1.84. The molecule has 0 atom stereocenters. The lowest BCUT2D eigenvalue weighted by molar-refractivity contribution is 0.0697. The fourth-order valence-electron chi connectivity index (χ4n) is 3.36. The second-order valence-electron chi connectivity index (χ2n) is 7.15. The number of aromatic nitrogens is 1. The largest absolute Gasteiger partial charge is 0.504 e. The number of fused-ring (bicyclic) bond motifs is 1. The van der Waals surface area contributed by atoms with Crippen LogP contribution in [0.3, 0.4) is 0 Å². The van der Waals surface area contributed by atoms with Gasteiger partial charge in [0.15, 0.2) is 11.5 Å². The summed E-state index contributed by atoms with van der Waals surface area (Å²) in [6.07, 6.45) is 1.43. The molecule has 0 bridgehead atoms. The molecule has 0 unspecified atom stereocenters. The zero-order valence-electron chi connectivity index (χ0n) is 16.6. The summed E-state index contributed by atoms with van der Waals surface area (Å²) in [5.41, 5.74) is 2.15. The van der Waals surface area contributed by atoms with Gasteiger partial charge in [0.2, 0.25) is 5.88 Å². The SMILES string of the molecule is O=C(O)c1ccc(-c2ccc3c(=O)[nH]c(O)c(C=NCc4ccc(O)c(O)c4)c3c2)cc1. The Kier molecular flexibility index (Phi) is 5.34. The molecule has 4 rings (SSSR count). The van der Waals surface area contributed by atoms with E-state index in [2.05, 4.69) is 9.98 Å². The van der Waals surface area contributed by atoms with Crippen LogP contribution in [0.2, 0.25) is 0 Å². The van der Waals surface area contributed by atoms with Crippen molar-refractivity contribution in [3.05, 3.63) is 87.7 Å². The number of aliphatic imine (C=N–C) groups is 1. The molecule has 0 aliphatic heterocycles. The van der Waals surface area contributed by atoms with Gasteiger partial charge in [0, 0.05) is 17.0 Å². The van der Waals surface area contributed by atoms with E-state index in [0.29, 0.717) is 21.9 Å². The van der Waals surface area contributed by atoms with Crippen LogP contribution in [0, 0.1) is 0 Å². The zero-order chi connectivity index (χ0) is 22.8. The number of nitrogens with zero attached hydrogens (tertiary/aromatic N) is 1. The van der Waals surface area contributed by atoms with Gasteiger partial charge in [-0.15, -0.1) is 0 Å². The number of hydrogen-bond acceptors (Lipinski definition) is 6. The highest BCUT2D eigenvalue weighted by Crippen LogP contribution is 2.28. The molecule has 0 spiro atoms. The normalized spacial score (nSPS) is 11.2. The quantitative estimate of drug-likeness (QED) is 0.242. The topological polar surface area (TPSA) is 143 Å². The third-order valence-corrected chi connectivity index (χ3v) is 5.04. The lowest BCUT2D eigenvalue weighted by Crippen LogP contribution is -2.08. The van der Waals surface area contributed by atoms with Crippen molar-refractivity contribution < 1.29 is 25.2 Å². The van der Waals surface area contributed by atoms with E-state index in [0.717, 1.165) is 11.1 Å². The van der Waals surface area contributed by atoms with Crippen LogP contribution in [0.15, 0.2) is 70.5 Å². The number of aromatic hydroxyl groups is 3. The first-order chi connectivity index (χ1) is 15.3. The maximum absolute atomic E-state index is 12.3. The van der Waals surface area contributed by atoms with Crippen LogP contribution in [0.25, 0.3) is 21.9 Å². The number of nitrogens with one attached hydrogen (secondary N) is 1. The molecule has 8 heteroatoms. The molecule has 4 aromatic rings. The lowest BCUT2D eigenvalue weighted by Gasteiger charge is -2.08. The zero-order valence-corrected chi connectivity index (χ0v) is 16.6. The molecule has 0 saturated heterocycles. The van der Waals surface area contributed by atoms with Gasteiger partial charge in [-0.2, -0.15) is 0 Å². The number of aromatic amines is 1. The molecular weight excluding hydrogens is 412 g/mol. The molecule has 0 fully saturated rings. The predicted molar refractivity (Wildman–Crippen MR) is 120 cm³/mol. The van der Waals surface area contributed by atoms with Crippen molar-refractivity contribution in [3.63, 3.8) is 0 Å². The van der Waals surface area contributed by atoms with Crippen LogP contribution < -0.4 is 5.56 Å². The molecule has 0 saturated carbocycles. The summed E-state index contributed by atoms with van der Waals surface area (Å²) in [6.45, 7) is 0.171. The molecule has 5 N–H and O–H groups in total. The fraction of sp³-hybridized carbons (Fsp3) is 0.0417. The number of carboxylic acids is 1. The number of hydrogen-bond donors (Lipinski definition) is 5. The van der Waals surface area contributed by atoms with Gasteiger partial charge >= 0.3 is 5.97 Å². The minimum atomic E-state index is -1.02. The van der Waals surface area contributed by atoms with E-state index in [4.69, 9.17) is 5.11 Å². The minimum Gasteiger partial charge on any atom is -0.504 e. The van der Waals surface area contributed by atoms with E-state index < -0.39 is 11.5 Å². The van der Waals surface area contributed by atoms with E-state index in [1.165, 1.54) is 30.5 Å². The van der Waals surface area contributed by atoms with E-state index >= 15 is 0 Å². The number of carboxylic acid groups (broad SMARTS) is 1. The average Bonchev–Trinajstić information content (AvgIpc) is 2.78. The summed E-state index contributed by atoms with van der Waals surface area (Å²) >= 11 is 0. The lowest BCUT2D eigenvalue weighted by atomic mass is 9.99. The third-order valence-electron chi connectivity index (χ3n) is 5.04. The number of H-pyrrole nitrogens is 1. The van der Waals surface area contributed by atoms with E-state index in [-0.39, 0.29) is 29.5 Å². The molecule has 0 radical (unpaired) electrons. The van der Waals surface area contributed by atoms with Gasteiger partial charge in [0.1, 0.15) is 0 Å². The Balaban J connectivity index is 1.74. The number of phenolic OH excluding ortho intramolecular Hbond substituents is 2. The molecule has 8 nitrogen and oxygen atoms in total. The Labute approximate surface area is 181 Å². The summed E-state index contributed by atoms with van der Waals surface area (Å²) in [4.78, 5) is 30.1. The number of rotatable bonds is 5. The van der Waals surface area contributed by atoms with Crippen LogP contribution in [0.4, 0.5) is 0 Å². The summed E-state index contributed by atoms with van der Waals surface area (Å²) in [6, 6.07) is 15.8. The van der Waals surface area contributed by atoms with Crippen LogP contribution >= 0.6 is 0 Å². The molecule has 0 amide bonds. The second kappa shape index (κ2) is 8.27. The molecule has 0 aliphatic carbocycles. The maximum Gasteiger partial charge on any atom is 0.335 e. The van der Waals surface area contributed by atoms with Crippen molar-refractivity contribution in [2.45, 2.75) is 6.54 Å². The first kappa shape index (κ1) is 20.7. The number of carbonyl (C=O) groups is 1. The summed E-state index contributed by atoms with van der Waals surface area (Å²) in [5, 5.41) is 39.3. The Morgan fingerprint density at radius 1 is 0.875 bits per heavy atom. The number of benzene rings is 3. The number of pyridine rings is 1. The highest BCUT2D eigenvalue weighted by molar-refractivity contribution is 6.03. The molecule has 160 valence electrons. The fourth-order valence-corrected chi connectivity index (χ4v) is 3.36. The smallest absolute Gasteiger partial charge is 0.335 e. The maximum atomic E-state index is 12.3. The molecule has 1 heterocycles. The molecule has 0 aliphatic rings. The summed E-state index contributed by atoms with van der Waals surface area (Å²) < 4.78 is 0. The Hall–Kier alpha value is -4.59. The highest BCUT2D eigenvalue weighted by Gasteiger charge is 2.12. The van der Waals surface area contributed by atoms with Gasteiger partial charge in [0.25, 0.3) is 5.56 Å². The third kappa shape index (κ3) is 4.01. The average molecular weight is 430 g/mol. The molecule has 3 aromatic carbocycles. The van der Waals surface area contributed by atoms with Crippen molar-refractivity contribution >= 4 is 23.0 Å².